The summed E-state index contributed by atoms with van der Waals surface area (Å²) in [7, 11) is -5.10. The maximum Gasteiger partial charge on any atom is 0.325 e. The molecule has 7 nitrogen and oxygen atoms in total. The van der Waals surface area contributed by atoms with Crippen LogP contribution in [0.5, 0.6) is 0 Å². The molecule has 0 spiro atoms. The minimum atomic E-state index is -5.10. The second-order valence-electron chi connectivity index (χ2n) is 9.69. The van der Waals surface area contributed by atoms with Crippen LogP contribution >= 0.6 is 0 Å². The third-order valence-electron chi connectivity index (χ3n) is 7.04. The van der Waals surface area contributed by atoms with Gasteiger partial charge in [0.1, 0.15) is 6.61 Å². The van der Waals surface area contributed by atoms with E-state index in [1.165, 1.54) is 0 Å². The highest BCUT2D eigenvalue weighted by atomic mass is 32.2. The van der Waals surface area contributed by atoms with E-state index in [-0.39, 0.29) is 31.3 Å². The number of hydrogen-bond acceptors (Lipinski definition) is 5. The van der Waals surface area contributed by atoms with Crippen molar-refractivity contribution in [2.24, 2.45) is 17.3 Å². The van der Waals surface area contributed by atoms with Gasteiger partial charge in [0.2, 0.25) is 0 Å². The van der Waals surface area contributed by atoms with Crippen molar-refractivity contribution in [3.63, 3.8) is 0 Å². The Morgan fingerprint density at radius 3 is 1.77 bits per heavy atom. The summed E-state index contributed by atoms with van der Waals surface area (Å²) < 4.78 is 40.8. The SMILES string of the molecule is CCCCC(CC)CC(CC(CC)CCCC)(C(=O)OCc1ccccc1)C(C(=O)O)S(=O)(=O)O. The lowest BCUT2D eigenvalue weighted by Gasteiger charge is -2.39. The van der Waals surface area contributed by atoms with Gasteiger partial charge in [-0.3, -0.25) is 14.1 Å². The Labute approximate surface area is 211 Å². The maximum absolute atomic E-state index is 13.8. The Morgan fingerprint density at radius 1 is 0.914 bits per heavy atom. The number of carboxylic acids is 1. The number of hydrogen-bond donors (Lipinski definition) is 2. The largest absolute Gasteiger partial charge is 0.480 e. The molecule has 0 aliphatic heterocycles. The third kappa shape index (κ3) is 9.56. The van der Waals surface area contributed by atoms with Crippen molar-refractivity contribution in [2.45, 2.75) is 104 Å². The van der Waals surface area contributed by atoms with Crippen LogP contribution in [0.2, 0.25) is 0 Å². The fourth-order valence-corrected chi connectivity index (χ4v) is 6.12. The van der Waals surface area contributed by atoms with Crippen LogP contribution in [-0.2, 0) is 31.1 Å². The Kier molecular flexibility index (Phi) is 13.5. The van der Waals surface area contributed by atoms with E-state index < -0.39 is 32.7 Å². The summed E-state index contributed by atoms with van der Waals surface area (Å²) >= 11 is 0. The Morgan fingerprint density at radius 2 is 1.40 bits per heavy atom. The van der Waals surface area contributed by atoms with Crippen molar-refractivity contribution in [3.05, 3.63) is 35.9 Å². The van der Waals surface area contributed by atoms with E-state index in [9.17, 15) is 27.7 Å². The van der Waals surface area contributed by atoms with Gasteiger partial charge in [-0.1, -0.05) is 109 Å². The van der Waals surface area contributed by atoms with Gasteiger partial charge < -0.3 is 9.84 Å². The molecule has 0 fully saturated rings. The van der Waals surface area contributed by atoms with E-state index in [1.807, 2.05) is 33.8 Å². The maximum atomic E-state index is 13.8. The number of unbranched alkanes of at least 4 members (excludes halogenated alkanes) is 2. The molecule has 0 radical (unpaired) electrons. The summed E-state index contributed by atoms with van der Waals surface area (Å²) in [5, 5.41) is 7.77. The Balaban J connectivity index is 3.61. The molecule has 0 aliphatic carbocycles. The zero-order chi connectivity index (χ0) is 26.5. The second-order valence-corrected chi connectivity index (χ2v) is 11.2. The average Bonchev–Trinajstić information content (AvgIpc) is 2.81. The molecule has 200 valence electrons. The highest BCUT2D eigenvalue weighted by molar-refractivity contribution is 7.87. The fraction of sp³-hybridized carbons (Fsp3) is 0.704. The molecule has 0 saturated heterocycles. The quantitative estimate of drug-likeness (QED) is 0.176. The molecule has 0 bridgehead atoms. The van der Waals surface area contributed by atoms with Gasteiger partial charge in [0.25, 0.3) is 10.1 Å². The highest BCUT2D eigenvalue weighted by Gasteiger charge is 2.57. The van der Waals surface area contributed by atoms with Gasteiger partial charge in [-0.2, -0.15) is 8.42 Å². The van der Waals surface area contributed by atoms with Gasteiger partial charge in [0.05, 0.1) is 5.41 Å². The monoisotopic (exact) mass is 512 g/mol. The van der Waals surface area contributed by atoms with Crippen LogP contribution in [0.3, 0.4) is 0 Å². The third-order valence-corrected chi connectivity index (χ3v) is 8.28. The number of carboxylic acid groups (broad SMARTS) is 1. The first-order valence-corrected chi connectivity index (χ1v) is 14.5. The summed E-state index contributed by atoms with van der Waals surface area (Å²) in [6.07, 6.45) is 6.50. The predicted molar refractivity (Wildman–Crippen MR) is 137 cm³/mol. The van der Waals surface area contributed by atoms with Crippen LogP contribution in [0.1, 0.15) is 97.5 Å². The van der Waals surface area contributed by atoms with Crippen molar-refractivity contribution >= 4 is 22.1 Å². The molecule has 3 atom stereocenters. The number of ether oxygens (including phenoxy) is 1. The molecule has 0 amide bonds. The predicted octanol–water partition coefficient (Wildman–Crippen LogP) is 6.27. The van der Waals surface area contributed by atoms with Crippen molar-refractivity contribution in [3.8, 4) is 0 Å². The fourth-order valence-electron chi connectivity index (χ4n) is 5.00. The average molecular weight is 513 g/mol. The lowest BCUT2D eigenvalue weighted by molar-refractivity contribution is -0.165. The topological polar surface area (TPSA) is 118 Å². The van der Waals surface area contributed by atoms with E-state index in [1.54, 1.807) is 24.3 Å². The van der Waals surface area contributed by atoms with E-state index in [4.69, 9.17) is 4.74 Å². The standard InChI is InChI=1S/C27H44O7S/c1-5-9-14-21(7-3)18-27(19-22(8-4)15-10-6-2,24(25(28)29)35(31,32)33)26(30)34-20-23-16-12-11-13-17-23/h11-13,16-17,21-22,24H,5-10,14-15,18-20H2,1-4H3,(H,28,29)(H,31,32,33). The number of benzene rings is 1. The minimum absolute atomic E-state index is 0.0382. The lowest BCUT2D eigenvalue weighted by Crippen LogP contribution is -2.53. The molecular formula is C27H44O7S. The van der Waals surface area contributed by atoms with Crippen molar-refractivity contribution in [1.29, 1.82) is 0 Å². The van der Waals surface area contributed by atoms with Crippen LogP contribution in [-0.4, -0.2) is 35.3 Å². The number of aliphatic carboxylic acids is 1. The second kappa shape index (κ2) is 15.2. The Bertz CT molecular complexity index is 849. The smallest absolute Gasteiger partial charge is 0.325 e. The molecule has 1 aromatic carbocycles. The molecular weight excluding hydrogens is 468 g/mol. The van der Waals surface area contributed by atoms with Gasteiger partial charge in [0, 0.05) is 0 Å². The number of carbonyl (C=O) groups excluding carboxylic acids is 1. The first-order valence-electron chi connectivity index (χ1n) is 13.0. The molecule has 8 heteroatoms. The summed E-state index contributed by atoms with van der Waals surface area (Å²) in [4.78, 5) is 26.2. The van der Waals surface area contributed by atoms with E-state index >= 15 is 0 Å². The van der Waals surface area contributed by atoms with Gasteiger partial charge in [-0.25, -0.2) is 0 Å². The molecule has 1 rings (SSSR count). The zero-order valence-corrected chi connectivity index (χ0v) is 22.6. The molecule has 2 N–H and O–H groups in total. The van der Waals surface area contributed by atoms with Crippen LogP contribution in [0.15, 0.2) is 30.3 Å². The number of esters is 1. The van der Waals surface area contributed by atoms with Crippen molar-refractivity contribution in [1.82, 2.24) is 0 Å². The molecule has 0 saturated carbocycles. The zero-order valence-electron chi connectivity index (χ0n) is 21.7. The normalized spacial score (nSPS) is 16.1. The van der Waals surface area contributed by atoms with E-state index in [0.29, 0.717) is 18.4 Å². The van der Waals surface area contributed by atoms with E-state index in [2.05, 4.69) is 0 Å². The lowest BCUT2D eigenvalue weighted by atomic mass is 9.68. The first-order chi connectivity index (χ1) is 16.5. The summed E-state index contributed by atoms with van der Waals surface area (Å²) in [6.45, 7) is 7.90. The van der Waals surface area contributed by atoms with Crippen LogP contribution in [0.4, 0.5) is 0 Å². The molecule has 0 heterocycles. The molecule has 0 aromatic heterocycles. The molecule has 0 aliphatic rings. The molecule has 3 unspecified atom stereocenters. The van der Waals surface area contributed by atoms with Crippen LogP contribution in [0.25, 0.3) is 0 Å². The van der Waals surface area contributed by atoms with E-state index in [0.717, 1.165) is 38.5 Å². The summed E-state index contributed by atoms with van der Waals surface area (Å²) in [5.41, 5.74) is -1.18. The van der Waals surface area contributed by atoms with Crippen LogP contribution < -0.4 is 0 Å². The van der Waals surface area contributed by atoms with Gasteiger partial charge >= 0.3 is 11.9 Å². The van der Waals surface area contributed by atoms with Crippen molar-refractivity contribution < 1.29 is 32.4 Å². The highest BCUT2D eigenvalue weighted by Crippen LogP contribution is 2.45. The summed E-state index contributed by atoms with van der Waals surface area (Å²) in [5.74, 6) is -2.74. The first kappa shape index (κ1) is 31.1. The molecule has 1 aromatic rings. The summed E-state index contributed by atoms with van der Waals surface area (Å²) in [6, 6.07) is 8.97. The molecule has 35 heavy (non-hydrogen) atoms. The van der Waals surface area contributed by atoms with Gasteiger partial charge in [0.15, 0.2) is 5.25 Å². The van der Waals surface area contributed by atoms with Crippen LogP contribution in [0, 0.1) is 17.3 Å². The Hall–Kier alpha value is -1.93. The number of carbonyl (C=O) groups is 2. The van der Waals surface area contributed by atoms with Gasteiger partial charge in [-0.15, -0.1) is 0 Å². The number of rotatable bonds is 18. The van der Waals surface area contributed by atoms with Crippen molar-refractivity contribution in [2.75, 3.05) is 0 Å². The minimum Gasteiger partial charge on any atom is -0.480 e. The van der Waals surface area contributed by atoms with Gasteiger partial charge in [-0.05, 0) is 30.2 Å².